The van der Waals surface area contributed by atoms with Crippen LogP contribution < -0.4 is 0 Å². The second-order valence-electron chi connectivity index (χ2n) is 6.19. The highest BCUT2D eigenvalue weighted by Crippen LogP contribution is 2.30. The second-order valence-corrected chi connectivity index (χ2v) is 6.19. The molecule has 0 spiro atoms. The van der Waals surface area contributed by atoms with Crippen LogP contribution in [0.1, 0.15) is 16.8 Å². The van der Waals surface area contributed by atoms with Gasteiger partial charge in [-0.1, -0.05) is 0 Å². The van der Waals surface area contributed by atoms with Crippen molar-refractivity contribution in [2.45, 2.75) is 13.0 Å². The summed E-state index contributed by atoms with van der Waals surface area (Å²) in [4.78, 5) is 2.24. The van der Waals surface area contributed by atoms with Gasteiger partial charge in [-0.05, 0) is 61.0 Å². The van der Waals surface area contributed by atoms with Crippen molar-refractivity contribution in [3.8, 4) is 17.7 Å². The molecule has 1 N–H and O–H groups in total. The number of benzene rings is 2. The summed E-state index contributed by atoms with van der Waals surface area (Å²) in [5.74, 6) is 3.14. The van der Waals surface area contributed by atoms with Gasteiger partial charge in [0.25, 0.3) is 0 Å². The zero-order valence-electron chi connectivity index (χ0n) is 13.4. The van der Waals surface area contributed by atoms with Gasteiger partial charge in [0.2, 0.25) is 0 Å². The molecule has 24 heavy (non-hydrogen) atoms. The van der Waals surface area contributed by atoms with E-state index < -0.39 is 0 Å². The molecule has 2 heterocycles. The van der Waals surface area contributed by atoms with Crippen LogP contribution in [0.4, 0.5) is 4.39 Å². The molecule has 1 aromatic heterocycles. The summed E-state index contributed by atoms with van der Waals surface area (Å²) in [6.45, 7) is 1.77. The normalized spacial score (nSPS) is 14.2. The zero-order valence-corrected chi connectivity index (χ0v) is 13.4. The molecule has 0 atom stereocenters. The number of nitrogens with zero attached hydrogens (tertiary/aromatic N) is 2. The van der Waals surface area contributed by atoms with Gasteiger partial charge in [-0.2, -0.15) is 0 Å². The molecule has 0 bridgehead atoms. The van der Waals surface area contributed by atoms with Gasteiger partial charge >= 0.3 is 0 Å². The molecule has 3 nitrogen and oxygen atoms in total. The first kappa shape index (κ1) is 14.8. The fourth-order valence-corrected chi connectivity index (χ4v) is 3.26. The monoisotopic (exact) mass is 320 g/mol. The molecule has 4 heteroatoms. The van der Waals surface area contributed by atoms with Crippen molar-refractivity contribution in [1.29, 1.82) is 0 Å². The maximum atomic E-state index is 13.7. The number of likely N-dealkylation sites (N-methyl/N-ethyl adjacent to an activating group) is 1. The number of phenols is 1. The average molecular weight is 320 g/mol. The molecule has 120 valence electrons. The Kier molecular flexibility index (Phi) is 3.51. The summed E-state index contributed by atoms with van der Waals surface area (Å²) in [5.41, 5.74) is 4.11. The number of hydrogen-bond acceptors (Lipinski definition) is 2. The Labute approximate surface area is 139 Å². The van der Waals surface area contributed by atoms with E-state index >= 15 is 0 Å². The van der Waals surface area contributed by atoms with Gasteiger partial charge in [0.05, 0.1) is 5.52 Å². The van der Waals surface area contributed by atoms with Crippen LogP contribution in [0.5, 0.6) is 5.75 Å². The van der Waals surface area contributed by atoms with Gasteiger partial charge in [0, 0.05) is 42.2 Å². The molecule has 0 saturated heterocycles. The molecule has 1 aliphatic heterocycles. The predicted octanol–water partition coefficient (Wildman–Crippen LogP) is 3.33. The van der Waals surface area contributed by atoms with Crippen molar-refractivity contribution >= 4 is 10.9 Å². The van der Waals surface area contributed by atoms with E-state index in [4.69, 9.17) is 0 Å². The topological polar surface area (TPSA) is 28.4 Å². The molecule has 0 unspecified atom stereocenters. The third kappa shape index (κ3) is 2.53. The van der Waals surface area contributed by atoms with E-state index in [0.29, 0.717) is 0 Å². The summed E-state index contributed by atoms with van der Waals surface area (Å²) in [6.07, 6.45) is 0.895. The number of rotatable bonds is 0. The van der Waals surface area contributed by atoms with E-state index in [1.807, 2.05) is 4.57 Å². The standard InChI is InChI=1S/C20H17FN2O/c1-22-10-9-20-18(13-22)17-12-15(21)4-7-19(17)23(20)11-8-14-2-5-16(24)6-3-14/h2-7,12,24H,9-10,13H2,1H3. The van der Waals surface area contributed by atoms with Crippen molar-refractivity contribution < 1.29 is 9.50 Å². The third-order valence-electron chi connectivity index (χ3n) is 4.48. The summed E-state index contributed by atoms with van der Waals surface area (Å²) >= 11 is 0. The number of hydrogen-bond donors (Lipinski definition) is 1. The van der Waals surface area contributed by atoms with Crippen molar-refractivity contribution in [1.82, 2.24) is 9.47 Å². The highest BCUT2D eigenvalue weighted by Gasteiger charge is 2.22. The van der Waals surface area contributed by atoms with Crippen LogP contribution in [0.25, 0.3) is 10.9 Å². The van der Waals surface area contributed by atoms with Crippen molar-refractivity contribution in [3.63, 3.8) is 0 Å². The van der Waals surface area contributed by atoms with E-state index in [0.717, 1.165) is 36.0 Å². The smallest absolute Gasteiger partial charge is 0.123 e. The van der Waals surface area contributed by atoms with Crippen LogP contribution in [-0.2, 0) is 13.0 Å². The molecule has 4 rings (SSSR count). The minimum absolute atomic E-state index is 0.220. The van der Waals surface area contributed by atoms with E-state index in [9.17, 15) is 9.50 Å². The summed E-state index contributed by atoms with van der Waals surface area (Å²) in [7, 11) is 2.08. The van der Waals surface area contributed by atoms with Crippen molar-refractivity contribution in [2.75, 3.05) is 13.6 Å². The third-order valence-corrected chi connectivity index (χ3v) is 4.48. The highest BCUT2D eigenvalue weighted by atomic mass is 19.1. The van der Waals surface area contributed by atoms with Crippen LogP contribution in [-0.4, -0.2) is 28.2 Å². The first-order chi connectivity index (χ1) is 11.6. The Morgan fingerprint density at radius 3 is 2.71 bits per heavy atom. The number of fused-ring (bicyclic) bond motifs is 3. The number of phenolic OH excluding ortho intramolecular Hbond substituents is 1. The first-order valence-electron chi connectivity index (χ1n) is 7.93. The summed E-state index contributed by atoms with van der Waals surface area (Å²) < 4.78 is 15.7. The van der Waals surface area contributed by atoms with Gasteiger partial charge in [-0.15, -0.1) is 0 Å². The summed E-state index contributed by atoms with van der Waals surface area (Å²) in [5, 5.41) is 10.3. The minimum Gasteiger partial charge on any atom is -0.508 e. The van der Waals surface area contributed by atoms with E-state index in [1.54, 1.807) is 36.4 Å². The lowest BCUT2D eigenvalue weighted by Gasteiger charge is -2.23. The molecule has 0 fully saturated rings. The Morgan fingerprint density at radius 2 is 1.92 bits per heavy atom. The minimum atomic E-state index is -0.220. The Hall–Kier alpha value is -2.77. The Morgan fingerprint density at radius 1 is 1.12 bits per heavy atom. The largest absolute Gasteiger partial charge is 0.508 e. The van der Waals surface area contributed by atoms with Crippen molar-refractivity contribution in [3.05, 3.63) is 65.1 Å². The zero-order chi connectivity index (χ0) is 16.7. The second kappa shape index (κ2) is 5.70. The molecule has 2 aromatic carbocycles. The number of aromatic nitrogens is 1. The van der Waals surface area contributed by atoms with Crippen molar-refractivity contribution in [2.24, 2.45) is 0 Å². The average Bonchev–Trinajstić information content (AvgIpc) is 2.87. The Bertz CT molecular complexity index is 977. The fourth-order valence-electron chi connectivity index (χ4n) is 3.26. The van der Waals surface area contributed by atoms with Crippen LogP contribution >= 0.6 is 0 Å². The lowest BCUT2D eigenvalue weighted by molar-refractivity contribution is 0.311. The van der Waals surface area contributed by atoms with Gasteiger partial charge in [0.1, 0.15) is 11.6 Å². The highest BCUT2D eigenvalue weighted by molar-refractivity contribution is 5.87. The first-order valence-corrected chi connectivity index (χ1v) is 7.93. The predicted molar refractivity (Wildman–Crippen MR) is 92.3 cm³/mol. The van der Waals surface area contributed by atoms with Crippen LogP contribution in [0.15, 0.2) is 42.5 Å². The molecule has 0 amide bonds. The molecule has 3 aromatic rings. The SMILES string of the molecule is CN1CCc2c(c3cc(F)ccc3n2C#Cc2ccc(O)cc2)C1. The summed E-state index contributed by atoms with van der Waals surface area (Å²) in [6, 6.07) is 14.9. The molecular weight excluding hydrogens is 303 g/mol. The lowest BCUT2D eigenvalue weighted by Crippen LogP contribution is -2.27. The fraction of sp³-hybridized carbons (Fsp3) is 0.200. The quantitative estimate of drug-likeness (QED) is 0.644. The maximum Gasteiger partial charge on any atom is 0.123 e. The van der Waals surface area contributed by atoms with Crippen LogP contribution in [0.2, 0.25) is 0 Å². The number of halogens is 1. The van der Waals surface area contributed by atoms with Gasteiger partial charge in [0.15, 0.2) is 0 Å². The van der Waals surface area contributed by atoms with E-state index in [2.05, 4.69) is 23.9 Å². The molecular formula is C20H17FN2O. The van der Waals surface area contributed by atoms with Crippen LogP contribution in [0, 0.1) is 17.8 Å². The van der Waals surface area contributed by atoms with Gasteiger partial charge < -0.3 is 10.0 Å². The van der Waals surface area contributed by atoms with Crippen LogP contribution in [0.3, 0.4) is 0 Å². The molecule has 0 aliphatic carbocycles. The van der Waals surface area contributed by atoms with E-state index in [-0.39, 0.29) is 11.6 Å². The molecule has 0 saturated carbocycles. The lowest BCUT2D eigenvalue weighted by atomic mass is 10.1. The van der Waals surface area contributed by atoms with Gasteiger partial charge in [-0.3, -0.25) is 4.57 Å². The molecule has 1 aliphatic rings. The molecule has 0 radical (unpaired) electrons. The Balaban J connectivity index is 1.88. The number of aromatic hydroxyl groups is 1. The van der Waals surface area contributed by atoms with Gasteiger partial charge in [-0.25, -0.2) is 4.39 Å². The van der Waals surface area contributed by atoms with E-state index in [1.165, 1.54) is 17.3 Å². The maximum absolute atomic E-state index is 13.7.